The molecule has 0 saturated carbocycles. The molecule has 0 aliphatic rings. The maximum Gasteiger partial charge on any atom is 0.0576 e. The molecule has 0 fully saturated rings. The van der Waals surface area contributed by atoms with Gasteiger partial charge < -0.3 is 5.73 Å². The van der Waals surface area contributed by atoms with Gasteiger partial charge in [0.25, 0.3) is 0 Å². The van der Waals surface area contributed by atoms with Crippen LogP contribution in [0.2, 0.25) is 5.02 Å². The number of nitrogens with two attached hydrogens (primary N) is 3. The quantitative estimate of drug-likeness (QED) is 0.525. The van der Waals surface area contributed by atoms with Gasteiger partial charge in [-0.2, -0.15) is 0 Å². The molecule has 0 amide bonds. The van der Waals surface area contributed by atoms with Crippen LogP contribution < -0.4 is 16.0 Å². The molecule has 6 heteroatoms. The van der Waals surface area contributed by atoms with Crippen LogP contribution in [0, 0.1) is 0 Å². The Balaban J connectivity index is 3.18. The first-order valence-electron chi connectivity index (χ1n) is 3.01. The van der Waals surface area contributed by atoms with E-state index in [1.807, 2.05) is 0 Å². The standard InChI is InChI=1S/C6H8ClN3S2/c7-3-1-4(8)6(12-10)2-5(3)11-9/h1-2H,8-10H2. The highest BCUT2D eigenvalue weighted by atomic mass is 35.5. The van der Waals surface area contributed by atoms with E-state index in [1.165, 1.54) is 0 Å². The lowest BCUT2D eigenvalue weighted by molar-refractivity contribution is 1.34. The third-order valence-electron chi connectivity index (χ3n) is 1.32. The van der Waals surface area contributed by atoms with Crippen LogP contribution in [-0.2, 0) is 0 Å². The molecule has 0 saturated heterocycles. The summed E-state index contributed by atoms with van der Waals surface area (Å²) in [6, 6.07) is 3.42. The first kappa shape index (κ1) is 10.0. The summed E-state index contributed by atoms with van der Waals surface area (Å²) in [4.78, 5) is 1.56. The van der Waals surface area contributed by atoms with Crippen molar-refractivity contribution >= 4 is 41.2 Å². The minimum absolute atomic E-state index is 0.554. The van der Waals surface area contributed by atoms with E-state index in [1.54, 1.807) is 12.1 Å². The zero-order valence-corrected chi connectivity index (χ0v) is 8.47. The first-order valence-corrected chi connectivity index (χ1v) is 5.15. The van der Waals surface area contributed by atoms with Crippen LogP contribution >= 0.6 is 35.5 Å². The van der Waals surface area contributed by atoms with Crippen LogP contribution in [0.15, 0.2) is 21.9 Å². The van der Waals surface area contributed by atoms with Gasteiger partial charge in [0.15, 0.2) is 0 Å². The number of hydrogen-bond acceptors (Lipinski definition) is 5. The zero-order chi connectivity index (χ0) is 9.14. The van der Waals surface area contributed by atoms with Gasteiger partial charge in [0.1, 0.15) is 0 Å². The van der Waals surface area contributed by atoms with E-state index in [9.17, 15) is 0 Å². The highest BCUT2D eigenvalue weighted by Gasteiger charge is 2.05. The van der Waals surface area contributed by atoms with E-state index in [0.29, 0.717) is 10.7 Å². The van der Waals surface area contributed by atoms with Crippen molar-refractivity contribution in [1.29, 1.82) is 0 Å². The van der Waals surface area contributed by atoms with Gasteiger partial charge in [-0.15, -0.1) is 0 Å². The summed E-state index contributed by atoms with van der Waals surface area (Å²) in [5.41, 5.74) is 6.19. The molecule has 66 valence electrons. The fraction of sp³-hybridized carbons (Fsp3) is 0. The lowest BCUT2D eigenvalue weighted by Gasteiger charge is -2.05. The predicted molar refractivity (Wildman–Crippen MR) is 56.0 cm³/mol. The maximum atomic E-state index is 5.83. The van der Waals surface area contributed by atoms with E-state index in [2.05, 4.69) is 0 Å². The Labute approximate surface area is 84.3 Å². The summed E-state index contributed by atoms with van der Waals surface area (Å²) in [6.45, 7) is 0. The third kappa shape index (κ3) is 1.99. The number of anilines is 1. The summed E-state index contributed by atoms with van der Waals surface area (Å²) in [6.07, 6.45) is 0. The third-order valence-corrected chi connectivity index (χ3v) is 2.94. The van der Waals surface area contributed by atoms with Gasteiger partial charge in [-0.1, -0.05) is 11.6 Å². The second kappa shape index (κ2) is 4.25. The second-order valence-corrected chi connectivity index (χ2v) is 3.81. The van der Waals surface area contributed by atoms with Crippen molar-refractivity contribution in [3.05, 3.63) is 17.2 Å². The Kier molecular flexibility index (Phi) is 3.54. The van der Waals surface area contributed by atoms with Gasteiger partial charge in [-0.25, -0.2) is 0 Å². The minimum Gasteiger partial charge on any atom is -0.398 e. The SMILES string of the molecule is NSc1cc(SN)c(Cl)cc1N. The average molecular weight is 222 g/mol. The van der Waals surface area contributed by atoms with E-state index in [-0.39, 0.29) is 0 Å². The van der Waals surface area contributed by atoms with Crippen LogP contribution in [0.4, 0.5) is 5.69 Å². The molecule has 0 atom stereocenters. The average Bonchev–Trinajstić information content (AvgIpc) is 2.05. The van der Waals surface area contributed by atoms with Gasteiger partial charge in [0.2, 0.25) is 0 Å². The Morgan fingerprint density at radius 1 is 1.08 bits per heavy atom. The normalized spacial score (nSPS) is 10.2. The minimum atomic E-state index is 0.554. The highest BCUT2D eigenvalue weighted by Crippen LogP contribution is 2.32. The van der Waals surface area contributed by atoms with Gasteiger partial charge in [-0.3, -0.25) is 10.3 Å². The molecule has 0 aliphatic heterocycles. The summed E-state index contributed by atoms with van der Waals surface area (Å²) >= 11 is 7.99. The van der Waals surface area contributed by atoms with E-state index in [4.69, 9.17) is 27.6 Å². The molecule has 0 aromatic heterocycles. The molecule has 0 radical (unpaired) electrons. The number of benzene rings is 1. The maximum absolute atomic E-state index is 5.83. The van der Waals surface area contributed by atoms with Crippen molar-refractivity contribution in [2.75, 3.05) is 5.73 Å². The number of nitrogen functional groups attached to an aromatic ring is 1. The van der Waals surface area contributed by atoms with E-state index in [0.717, 1.165) is 33.7 Å². The Morgan fingerprint density at radius 2 is 1.67 bits per heavy atom. The van der Waals surface area contributed by atoms with Crippen LogP contribution in [0.3, 0.4) is 0 Å². The molecule has 3 nitrogen and oxygen atoms in total. The molecular weight excluding hydrogens is 214 g/mol. The second-order valence-electron chi connectivity index (χ2n) is 2.06. The molecule has 6 N–H and O–H groups in total. The summed E-state index contributed by atoms with van der Waals surface area (Å²) in [5.74, 6) is 0. The van der Waals surface area contributed by atoms with Crippen molar-refractivity contribution in [2.24, 2.45) is 10.3 Å². The van der Waals surface area contributed by atoms with Gasteiger partial charge in [0.05, 0.1) is 5.02 Å². The lowest BCUT2D eigenvalue weighted by Crippen LogP contribution is -1.93. The predicted octanol–water partition coefficient (Wildman–Crippen LogP) is 1.85. The molecular formula is C6H8ClN3S2. The molecule has 0 heterocycles. The van der Waals surface area contributed by atoms with E-state index < -0.39 is 0 Å². The first-order chi connectivity index (χ1) is 5.69. The summed E-state index contributed by atoms with van der Waals surface area (Å²) in [5, 5.41) is 11.3. The van der Waals surface area contributed by atoms with Crippen molar-refractivity contribution < 1.29 is 0 Å². The number of halogens is 1. The zero-order valence-electron chi connectivity index (χ0n) is 6.08. The largest absolute Gasteiger partial charge is 0.398 e. The van der Waals surface area contributed by atoms with Crippen LogP contribution in [0.5, 0.6) is 0 Å². The number of rotatable bonds is 2. The Morgan fingerprint density at radius 3 is 2.17 bits per heavy atom. The van der Waals surface area contributed by atoms with Gasteiger partial charge in [-0.05, 0) is 36.0 Å². The fourth-order valence-corrected chi connectivity index (χ4v) is 1.86. The molecule has 12 heavy (non-hydrogen) atoms. The molecule has 0 unspecified atom stereocenters. The van der Waals surface area contributed by atoms with Crippen molar-refractivity contribution in [3.63, 3.8) is 0 Å². The van der Waals surface area contributed by atoms with Crippen LogP contribution in [-0.4, -0.2) is 0 Å². The molecule has 0 bridgehead atoms. The molecule has 0 aliphatic carbocycles. The molecule has 0 spiro atoms. The Hall–Kier alpha value is -0.0700. The number of hydrogen-bond donors (Lipinski definition) is 3. The summed E-state index contributed by atoms with van der Waals surface area (Å²) in [7, 11) is 0. The van der Waals surface area contributed by atoms with Crippen molar-refractivity contribution in [3.8, 4) is 0 Å². The van der Waals surface area contributed by atoms with Crippen LogP contribution in [0.25, 0.3) is 0 Å². The lowest BCUT2D eigenvalue weighted by atomic mass is 10.3. The highest BCUT2D eigenvalue weighted by molar-refractivity contribution is 7.98. The Bertz CT molecular complexity index is 267. The van der Waals surface area contributed by atoms with E-state index >= 15 is 0 Å². The van der Waals surface area contributed by atoms with Crippen molar-refractivity contribution in [1.82, 2.24) is 0 Å². The van der Waals surface area contributed by atoms with Crippen molar-refractivity contribution in [2.45, 2.75) is 9.79 Å². The summed E-state index contributed by atoms with van der Waals surface area (Å²) < 4.78 is 0. The van der Waals surface area contributed by atoms with Gasteiger partial charge in [0, 0.05) is 15.5 Å². The monoisotopic (exact) mass is 221 g/mol. The van der Waals surface area contributed by atoms with Gasteiger partial charge >= 0.3 is 0 Å². The molecule has 1 aromatic rings. The smallest absolute Gasteiger partial charge is 0.0576 e. The fourth-order valence-electron chi connectivity index (χ4n) is 0.743. The van der Waals surface area contributed by atoms with Crippen LogP contribution in [0.1, 0.15) is 0 Å². The molecule has 1 aromatic carbocycles. The molecule has 1 rings (SSSR count). The topological polar surface area (TPSA) is 78.1 Å².